The second kappa shape index (κ2) is 9.35. The Labute approximate surface area is 175 Å². The summed E-state index contributed by atoms with van der Waals surface area (Å²) in [6, 6.07) is 12.6. The van der Waals surface area contributed by atoms with Gasteiger partial charge in [-0.2, -0.15) is 15.0 Å². The molecule has 0 aliphatic heterocycles. The van der Waals surface area contributed by atoms with Crippen LogP contribution in [0.25, 0.3) is 5.82 Å². The summed E-state index contributed by atoms with van der Waals surface area (Å²) in [6.45, 7) is 0.359. The largest absolute Gasteiger partial charge is 0.492 e. The van der Waals surface area contributed by atoms with Gasteiger partial charge in [0.15, 0.2) is 11.6 Å². The first-order valence-corrected chi connectivity index (χ1v) is 9.53. The molecule has 0 saturated carbocycles. The highest BCUT2D eigenvalue weighted by Crippen LogP contribution is 2.28. The number of nitrogens with one attached hydrogen (secondary N) is 1. The molecule has 1 aromatic carbocycles. The van der Waals surface area contributed by atoms with Crippen LogP contribution in [0.3, 0.4) is 0 Å². The Morgan fingerprint density at radius 1 is 1.36 bits per heavy atom. The highest BCUT2D eigenvalue weighted by Gasteiger charge is 2.15. The number of amides is 1. The lowest BCUT2D eigenvalue weighted by molar-refractivity contribution is -0.116. The Bertz CT molecular complexity index is 1020. The molecule has 142 valence electrons. The molecule has 0 radical (unpaired) electrons. The lowest BCUT2D eigenvalue weighted by atomic mass is 10.3. The number of ether oxygens (including phenoxy) is 1. The number of hydrogen-bond acceptors (Lipinski definition) is 5. The maximum absolute atomic E-state index is 12.3. The molecule has 0 aliphatic carbocycles. The van der Waals surface area contributed by atoms with E-state index in [2.05, 4.69) is 31.3 Å². The van der Waals surface area contributed by atoms with Crippen LogP contribution in [0.2, 0.25) is 5.02 Å². The first-order chi connectivity index (χ1) is 13.6. The Hall–Kier alpha value is -2.89. The van der Waals surface area contributed by atoms with Crippen LogP contribution in [0.4, 0.5) is 5.82 Å². The quantitative estimate of drug-likeness (QED) is 0.529. The van der Waals surface area contributed by atoms with Crippen molar-refractivity contribution in [1.29, 1.82) is 5.26 Å². The molecular formula is C19H15BrClN5O2. The molecule has 0 aliphatic rings. The Morgan fingerprint density at radius 2 is 2.21 bits per heavy atom. The summed E-state index contributed by atoms with van der Waals surface area (Å²) >= 11 is 9.28. The van der Waals surface area contributed by atoms with Gasteiger partial charge in [-0.15, -0.1) is 0 Å². The van der Waals surface area contributed by atoms with Crippen LogP contribution in [0.1, 0.15) is 18.4 Å². The first-order valence-electron chi connectivity index (χ1n) is 8.35. The molecule has 1 N–H and O–H groups in total. The summed E-state index contributed by atoms with van der Waals surface area (Å²) in [4.78, 5) is 16.5. The number of anilines is 1. The minimum atomic E-state index is -0.243. The van der Waals surface area contributed by atoms with E-state index in [1.807, 2.05) is 6.07 Å². The lowest BCUT2D eigenvalue weighted by Gasteiger charge is -2.10. The number of carbonyl (C=O) groups is 1. The predicted octanol–water partition coefficient (Wildman–Crippen LogP) is 4.35. The van der Waals surface area contributed by atoms with E-state index in [-0.39, 0.29) is 17.9 Å². The first kappa shape index (κ1) is 19.9. The lowest BCUT2D eigenvalue weighted by Crippen LogP contribution is -2.17. The van der Waals surface area contributed by atoms with Crippen molar-refractivity contribution < 1.29 is 9.53 Å². The molecule has 2 aromatic heterocycles. The zero-order chi connectivity index (χ0) is 19.9. The van der Waals surface area contributed by atoms with Gasteiger partial charge in [0, 0.05) is 17.6 Å². The van der Waals surface area contributed by atoms with Crippen molar-refractivity contribution in [3.8, 4) is 17.6 Å². The molecule has 2 heterocycles. The molecule has 0 saturated heterocycles. The van der Waals surface area contributed by atoms with Gasteiger partial charge in [0.25, 0.3) is 0 Å². The van der Waals surface area contributed by atoms with Crippen LogP contribution >= 0.6 is 27.5 Å². The molecule has 0 spiro atoms. The summed E-state index contributed by atoms with van der Waals surface area (Å²) in [5.74, 6) is 1.22. The molecule has 9 heteroatoms. The van der Waals surface area contributed by atoms with E-state index in [1.54, 1.807) is 42.6 Å². The van der Waals surface area contributed by atoms with Crippen molar-refractivity contribution in [3.05, 3.63) is 63.9 Å². The van der Waals surface area contributed by atoms with Crippen molar-refractivity contribution in [2.24, 2.45) is 0 Å². The summed E-state index contributed by atoms with van der Waals surface area (Å²) in [7, 11) is 0. The van der Waals surface area contributed by atoms with Crippen LogP contribution in [-0.4, -0.2) is 27.3 Å². The molecule has 0 bridgehead atoms. The van der Waals surface area contributed by atoms with Crippen molar-refractivity contribution in [2.45, 2.75) is 12.8 Å². The van der Waals surface area contributed by atoms with E-state index in [0.717, 1.165) is 4.47 Å². The minimum Gasteiger partial charge on any atom is -0.492 e. The van der Waals surface area contributed by atoms with Gasteiger partial charge in [-0.05, 0) is 52.7 Å². The van der Waals surface area contributed by atoms with Crippen molar-refractivity contribution in [2.75, 3.05) is 11.9 Å². The fourth-order valence-electron chi connectivity index (χ4n) is 2.40. The zero-order valence-corrected chi connectivity index (χ0v) is 16.9. The third-order valence-electron chi connectivity index (χ3n) is 3.71. The molecule has 1 amide bonds. The fraction of sp³-hybridized carbons (Fsp3) is 0.158. The molecule has 0 fully saturated rings. The van der Waals surface area contributed by atoms with Crippen LogP contribution in [0.15, 0.2) is 53.3 Å². The van der Waals surface area contributed by atoms with Gasteiger partial charge in [0.05, 0.1) is 17.3 Å². The Kier molecular flexibility index (Phi) is 6.63. The number of pyridine rings is 1. The Balaban J connectivity index is 1.58. The summed E-state index contributed by atoms with van der Waals surface area (Å²) in [5.41, 5.74) is 0.264. The summed E-state index contributed by atoms with van der Waals surface area (Å²) in [5, 5.41) is 16.8. The smallest absolute Gasteiger partial charge is 0.225 e. The SMILES string of the molecule is N#Cc1cnn(-c2ccccn2)c1NC(=O)CCCOc1ccc(Cl)cc1Br. The van der Waals surface area contributed by atoms with Gasteiger partial charge >= 0.3 is 0 Å². The third kappa shape index (κ3) is 4.88. The van der Waals surface area contributed by atoms with E-state index < -0.39 is 0 Å². The average Bonchev–Trinajstić information content (AvgIpc) is 3.09. The van der Waals surface area contributed by atoms with E-state index in [1.165, 1.54) is 10.9 Å². The molecule has 7 nitrogen and oxygen atoms in total. The number of hydrogen-bond donors (Lipinski definition) is 1. The van der Waals surface area contributed by atoms with Crippen LogP contribution in [-0.2, 0) is 4.79 Å². The summed E-state index contributed by atoms with van der Waals surface area (Å²) in [6.07, 6.45) is 3.73. The van der Waals surface area contributed by atoms with Gasteiger partial charge < -0.3 is 10.1 Å². The van der Waals surface area contributed by atoms with E-state index in [0.29, 0.717) is 35.4 Å². The van der Waals surface area contributed by atoms with Gasteiger partial charge in [0.1, 0.15) is 17.4 Å². The second-order valence-electron chi connectivity index (χ2n) is 5.69. The van der Waals surface area contributed by atoms with Crippen molar-refractivity contribution in [1.82, 2.24) is 14.8 Å². The number of nitrogens with zero attached hydrogens (tertiary/aromatic N) is 4. The van der Waals surface area contributed by atoms with Gasteiger partial charge in [-0.1, -0.05) is 17.7 Å². The number of aromatic nitrogens is 3. The normalized spacial score (nSPS) is 10.3. The minimum absolute atomic E-state index is 0.226. The van der Waals surface area contributed by atoms with Crippen LogP contribution < -0.4 is 10.1 Å². The van der Waals surface area contributed by atoms with E-state index in [9.17, 15) is 10.1 Å². The molecule has 3 aromatic rings. The predicted molar refractivity (Wildman–Crippen MR) is 109 cm³/mol. The Morgan fingerprint density at radius 3 is 2.93 bits per heavy atom. The second-order valence-corrected chi connectivity index (χ2v) is 6.98. The highest BCUT2D eigenvalue weighted by molar-refractivity contribution is 9.10. The number of nitriles is 1. The maximum Gasteiger partial charge on any atom is 0.225 e. The van der Waals surface area contributed by atoms with Gasteiger partial charge in [-0.25, -0.2) is 4.98 Å². The van der Waals surface area contributed by atoms with E-state index in [4.69, 9.17) is 16.3 Å². The van der Waals surface area contributed by atoms with Crippen LogP contribution in [0.5, 0.6) is 5.75 Å². The average molecular weight is 461 g/mol. The molecule has 28 heavy (non-hydrogen) atoms. The van der Waals surface area contributed by atoms with Crippen molar-refractivity contribution >= 4 is 39.3 Å². The number of benzene rings is 1. The number of halogens is 2. The topological polar surface area (TPSA) is 92.8 Å². The standard InChI is InChI=1S/C19H15BrClN5O2/c20-15-10-14(21)6-7-16(15)28-9-3-5-18(27)25-19-13(11-22)12-24-26(19)17-4-1-2-8-23-17/h1-2,4,6-8,10,12H,3,5,9H2,(H,25,27). The van der Waals surface area contributed by atoms with Crippen molar-refractivity contribution in [3.63, 3.8) is 0 Å². The van der Waals surface area contributed by atoms with Crippen LogP contribution in [0, 0.1) is 11.3 Å². The monoisotopic (exact) mass is 459 g/mol. The van der Waals surface area contributed by atoms with Gasteiger partial charge in [0.2, 0.25) is 5.91 Å². The fourth-order valence-corrected chi connectivity index (χ4v) is 3.20. The third-order valence-corrected chi connectivity index (χ3v) is 4.57. The summed E-state index contributed by atoms with van der Waals surface area (Å²) < 4.78 is 7.83. The number of rotatable bonds is 7. The molecule has 0 unspecified atom stereocenters. The highest BCUT2D eigenvalue weighted by atomic mass is 79.9. The molecule has 3 rings (SSSR count). The maximum atomic E-state index is 12.3. The number of carbonyl (C=O) groups excluding carboxylic acids is 1. The van der Waals surface area contributed by atoms with Gasteiger partial charge in [-0.3, -0.25) is 4.79 Å². The van der Waals surface area contributed by atoms with E-state index >= 15 is 0 Å². The molecule has 0 atom stereocenters. The zero-order valence-electron chi connectivity index (χ0n) is 14.6. The molecular weight excluding hydrogens is 446 g/mol.